The van der Waals surface area contributed by atoms with E-state index in [1.165, 1.54) is 31.0 Å². The zero-order valence-electron chi connectivity index (χ0n) is 22.5. The van der Waals surface area contributed by atoms with Crippen LogP contribution in [0.2, 0.25) is 0 Å². The molecule has 1 aliphatic heterocycles. The van der Waals surface area contributed by atoms with Crippen LogP contribution in [0, 0.1) is 0 Å². The fourth-order valence-corrected chi connectivity index (χ4v) is 3.66. The molecule has 3 rings (SSSR count). The Morgan fingerprint density at radius 2 is 0.950 bits per heavy atom. The number of carbonyl (C=O) groups excluding carboxylic acids is 6. The van der Waals surface area contributed by atoms with Gasteiger partial charge in [-0.3, -0.25) is 28.8 Å². The minimum atomic E-state index is -0.571. The monoisotopic (exact) mass is 554 g/mol. The lowest BCUT2D eigenvalue weighted by molar-refractivity contribution is -0.119. The predicted molar refractivity (Wildman–Crippen MR) is 150 cm³/mol. The van der Waals surface area contributed by atoms with Gasteiger partial charge in [0, 0.05) is 48.2 Å². The number of carbonyl (C=O) groups is 6. The van der Waals surface area contributed by atoms with Gasteiger partial charge in [0.05, 0.1) is 0 Å². The van der Waals surface area contributed by atoms with Crippen molar-refractivity contribution in [1.82, 2.24) is 4.90 Å². The number of benzene rings is 2. The van der Waals surface area contributed by atoms with Crippen molar-refractivity contribution in [2.45, 2.75) is 51.4 Å². The van der Waals surface area contributed by atoms with E-state index in [4.69, 9.17) is 28.7 Å². The van der Waals surface area contributed by atoms with Crippen LogP contribution in [0.4, 0.5) is 0 Å². The molecule has 1 heterocycles. The third-order valence-electron chi connectivity index (χ3n) is 5.84. The average molecular weight is 555 g/mol. The minimum Gasteiger partial charge on any atom is -0.370 e. The molecule has 0 unspecified atom stereocenters. The number of primary amides is 5. The molecule has 2 aromatic carbocycles. The molecular formula is C28H38N6O6. The maximum absolute atomic E-state index is 12.2. The van der Waals surface area contributed by atoms with Crippen molar-refractivity contribution < 1.29 is 28.8 Å². The van der Waals surface area contributed by atoms with Crippen LogP contribution in [0.5, 0.6) is 0 Å². The molecule has 0 atom stereocenters. The SMILES string of the molecule is NC(=O)CCCCC(N)=O.NC(=O)c1ccc(C(=O)N2CCCCCC2)cc1.NC(=O)c1cccc(C(N)=O)c1. The molecule has 2 aromatic rings. The van der Waals surface area contributed by atoms with Crippen LogP contribution in [0.25, 0.3) is 0 Å². The second-order valence-electron chi connectivity index (χ2n) is 9.10. The number of rotatable bonds is 9. The van der Waals surface area contributed by atoms with Gasteiger partial charge in [0.2, 0.25) is 29.5 Å². The molecule has 12 nitrogen and oxygen atoms in total. The Labute approximate surface area is 233 Å². The summed E-state index contributed by atoms with van der Waals surface area (Å²) in [5.74, 6) is -2.22. The summed E-state index contributed by atoms with van der Waals surface area (Å²) < 4.78 is 0. The molecule has 1 saturated heterocycles. The van der Waals surface area contributed by atoms with Gasteiger partial charge in [-0.05, 0) is 68.1 Å². The number of likely N-dealkylation sites (tertiary alicyclic amines) is 1. The smallest absolute Gasteiger partial charge is 0.253 e. The van der Waals surface area contributed by atoms with Crippen molar-refractivity contribution in [3.05, 3.63) is 70.8 Å². The molecule has 0 aromatic heterocycles. The quantitative estimate of drug-likeness (QED) is 0.285. The average Bonchev–Trinajstić information content (AvgIpc) is 3.21. The number of amides is 6. The molecule has 10 N–H and O–H groups in total. The van der Waals surface area contributed by atoms with Crippen LogP contribution in [-0.2, 0) is 9.59 Å². The first kappa shape index (κ1) is 33.3. The minimum absolute atomic E-state index is 0.0490. The molecule has 0 spiro atoms. The van der Waals surface area contributed by atoms with Crippen LogP contribution in [-0.4, -0.2) is 53.4 Å². The summed E-state index contributed by atoms with van der Waals surface area (Å²) in [5.41, 5.74) is 26.5. The van der Waals surface area contributed by atoms with Gasteiger partial charge in [0.1, 0.15) is 0 Å². The standard InChI is InChI=1S/C14H18N2O2.C8H8N2O2.C6H12N2O2/c15-13(17)11-5-7-12(8-6-11)14(18)16-9-3-1-2-4-10-16;9-7(11)5-2-1-3-6(4-5)8(10)12;7-5(9)3-1-2-4-6(8)10/h5-8H,1-4,9-10H2,(H2,15,17);1-4H,(H2,9,11)(H2,10,12);1-4H2,(H2,7,9)(H2,8,10). The molecule has 40 heavy (non-hydrogen) atoms. The van der Waals surface area contributed by atoms with E-state index in [0.717, 1.165) is 25.9 Å². The Morgan fingerprint density at radius 1 is 0.550 bits per heavy atom. The van der Waals surface area contributed by atoms with Crippen molar-refractivity contribution in [1.29, 1.82) is 0 Å². The normalized spacial score (nSPS) is 12.3. The molecule has 1 fully saturated rings. The number of unbranched alkanes of at least 4 members (excludes halogenated alkanes) is 1. The van der Waals surface area contributed by atoms with Crippen LogP contribution in [0.3, 0.4) is 0 Å². The van der Waals surface area contributed by atoms with E-state index in [2.05, 4.69) is 0 Å². The molecular weight excluding hydrogens is 516 g/mol. The van der Waals surface area contributed by atoms with Crippen molar-refractivity contribution in [3.8, 4) is 0 Å². The molecule has 12 heteroatoms. The summed E-state index contributed by atoms with van der Waals surface area (Å²) in [6, 6.07) is 12.5. The summed E-state index contributed by atoms with van der Waals surface area (Å²) in [7, 11) is 0. The lowest BCUT2D eigenvalue weighted by atomic mass is 10.1. The van der Waals surface area contributed by atoms with Crippen LogP contribution < -0.4 is 28.7 Å². The highest BCUT2D eigenvalue weighted by molar-refractivity contribution is 5.98. The summed E-state index contributed by atoms with van der Waals surface area (Å²) in [6.07, 6.45) is 6.53. The first-order valence-corrected chi connectivity index (χ1v) is 12.9. The Balaban J connectivity index is 0.000000318. The van der Waals surface area contributed by atoms with Gasteiger partial charge < -0.3 is 33.6 Å². The molecule has 0 aliphatic carbocycles. The Morgan fingerprint density at radius 3 is 1.32 bits per heavy atom. The van der Waals surface area contributed by atoms with Gasteiger partial charge in [-0.15, -0.1) is 0 Å². The van der Waals surface area contributed by atoms with E-state index in [-0.39, 0.29) is 28.8 Å². The van der Waals surface area contributed by atoms with Gasteiger partial charge in [-0.1, -0.05) is 18.9 Å². The van der Waals surface area contributed by atoms with Gasteiger partial charge in [0.25, 0.3) is 5.91 Å². The second kappa shape index (κ2) is 17.7. The summed E-state index contributed by atoms with van der Waals surface area (Å²) in [5, 5.41) is 0. The van der Waals surface area contributed by atoms with Gasteiger partial charge in [-0.2, -0.15) is 0 Å². The van der Waals surface area contributed by atoms with Crippen LogP contribution >= 0.6 is 0 Å². The van der Waals surface area contributed by atoms with Gasteiger partial charge in [0.15, 0.2) is 0 Å². The maximum atomic E-state index is 12.2. The Bertz CT molecular complexity index is 1130. The number of hydrogen-bond donors (Lipinski definition) is 5. The topological polar surface area (TPSA) is 236 Å². The highest BCUT2D eigenvalue weighted by Gasteiger charge is 2.17. The molecule has 0 saturated carbocycles. The molecule has 0 bridgehead atoms. The fraction of sp³-hybridized carbons (Fsp3) is 0.357. The number of nitrogens with two attached hydrogens (primary N) is 5. The van der Waals surface area contributed by atoms with Crippen LogP contribution in [0.1, 0.15) is 92.8 Å². The second-order valence-corrected chi connectivity index (χ2v) is 9.10. The number of hydrogen-bond acceptors (Lipinski definition) is 6. The van der Waals surface area contributed by atoms with Gasteiger partial charge in [-0.25, -0.2) is 0 Å². The van der Waals surface area contributed by atoms with E-state index in [9.17, 15) is 28.8 Å². The summed E-state index contributed by atoms with van der Waals surface area (Å²) in [6.45, 7) is 1.66. The summed E-state index contributed by atoms with van der Waals surface area (Å²) >= 11 is 0. The predicted octanol–water partition coefficient (Wildman–Crippen LogP) is 1.20. The van der Waals surface area contributed by atoms with E-state index in [1.54, 1.807) is 30.3 Å². The van der Waals surface area contributed by atoms with E-state index < -0.39 is 17.7 Å². The maximum Gasteiger partial charge on any atom is 0.253 e. The van der Waals surface area contributed by atoms with Crippen molar-refractivity contribution >= 4 is 35.4 Å². The van der Waals surface area contributed by atoms with E-state index in [1.807, 2.05) is 4.90 Å². The van der Waals surface area contributed by atoms with Gasteiger partial charge >= 0.3 is 0 Å². The highest BCUT2D eigenvalue weighted by Crippen LogP contribution is 2.14. The Kier molecular flexibility index (Phi) is 14.7. The third kappa shape index (κ3) is 13.2. The molecule has 216 valence electrons. The molecule has 1 aliphatic rings. The zero-order valence-corrected chi connectivity index (χ0v) is 22.5. The largest absolute Gasteiger partial charge is 0.370 e. The van der Waals surface area contributed by atoms with Crippen molar-refractivity contribution in [2.24, 2.45) is 28.7 Å². The fourth-order valence-electron chi connectivity index (χ4n) is 3.66. The third-order valence-corrected chi connectivity index (χ3v) is 5.84. The first-order valence-electron chi connectivity index (χ1n) is 12.9. The Hall–Kier alpha value is -4.74. The first-order chi connectivity index (χ1) is 18.9. The highest BCUT2D eigenvalue weighted by atomic mass is 16.2. The van der Waals surface area contributed by atoms with E-state index >= 15 is 0 Å². The van der Waals surface area contributed by atoms with Crippen molar-refractivity contribution in [2.75, 3.05) is 13.1 Å². The molecule has 0 radical (unpaired) electrons. The molecule has 6 amide bonds. The lowest BCUT2D eigenvalue weighted by Gasteiger charge is -2.20. The van der Waals surface area contributed by atoms with Crippen LogP contribution in [0.15, 0.2) is 48.5 Å². The van der Waals surface area contributed by atoms with Crippen molar-refractivity contribution in [3.63, 3.8) is 0 Å². The van der Waals surface area contributed by atoms with E-state index in [0.29, 0.717) is 36.8 Å². The number of nitrogens with zero attached hydrogens (tertiary/aromatic N) is 1. The lowest BCUT2D eigenvalue weighted by Crippen LogP contribution is -2.31. The zero-order chi connectivity index (χ0) is 30.1. The summed E-state index contributed by atoms with van der Waals surface area (Å²) in [4.78, 5) is 66.7.